The van der Waals surface area contributed by atoms with Gasteiger partial charge in [-0.05, 0) is 46.8 Å². The van der Waals surface area contributed by atoms with E-state index in [1.807, 2.05) is 0 Å². The van der Waals surface area contributed by atoms with Gasteiger partial charge < -0.3 is 32.9 Å². The number of esters is 1. The van der Waals surface area contributed by atoms with Crippen LogP contribution in [0.25, 0.3) is 0 Å². The molecule has 0 radical (unpaired) electrons. The molecule has 2 aromatic rings. The van der Waals surface area contributed by atoms with Gasteiger partial charge in [-0.15, -0.1) is 0 Å². The van der Waals surface area contributed by atoms with Crippen LogP contribution in [0.15, 0.2) is 36.5 Å². The smallest absolute Gasteiger partial charge is 0.459 e. The molecule has 2 aliphatic rings. The van der Waals surface area contributed by atoms with Crippen LogP contribution in [0.4, 0.5) is 0 Å². The fourth-order valence-electron chi connectivity index (χ4n) is 4.54. The fraction of sp³-hybridized carbons (Fsp3) is 0.556. The Morgan fingerprint density at radius 2 is 1.86 bits per heavy atom. The number of rotatable bonds is 12. The van der Waals surface area contributed by atoms with Gasteiger partial charge in [-0.1, -0.05) is 18.2 Å². The first-order valence-corrected chi connectivity index (χ1v) is 14.8. The van der Waals surface area contributed by atoms with E-state index < -0.39 is 62.2 Å². The molecule has 0 amide bonds. The molecule has 0 aliphatic carbocycles. The lowest BCUT2D eigenvalue weighted by Gasteiger charge is -2.31. The second-order valence-corrected chi connectivity index (χ2v) is 12.1. The van der Waals surface area contributed by atoms with Crippen molar-refractivity contribution in [2.75, 3.05) is 20.8 Å². The van der Waals surface area contributed by atoms with Crippen LogP contribution in [-0.2, 0) is 32.8 Å². The van der Waals surface area contributed by atoms with Crippen molar-refractivity contribution in [2.24, 2.45) is 0 Å². The molecule has 1 aromatic carbocycles. The van der Waals surface area contributed by atoms with Gasteiger partial charge in [0, 0.05) is 6.20 Å². The van der Waals surface area contributed by atoms with E-state index >= 15 is 0 Å². The van der Waals surface area contributed by atoms with Crippen molar-refractivity contribution in [3.05, 3.63) is 42.1 Å². The van der Waals surface area contributed by atoms with Gasteiger partial charge in [0.2, 0.25) is 11.5 Å². The van der Waals surface area contributed by atoms with Crippen LogP contribution < -0.4 is 19.1 Å². The first kappa shape index (κ1) is 31.6. The zero-order valence-electron chi connectivity index (χ0n) is 24.4. The zero-order valence-corrected chi connectivity index (χ0v) is 25.3. The number of hydrogen-bond acceptors (Lipinski definition) is 13. The Bertz CT molecular complexity index is 1350. The molecule has 2 aliphatic heterocycles. The van der Waals surface area contributed by atoms with Gasteiger partial charge >= 0.3 is 19.7 Å². The van der Waals surface area contributed by atoms with Crippen molar-refractivity contribution >= 4 is 13.7 Å². The Labute approximate surface area is 244 Å². The lowest BCUT2D eigenvalue weighted by molar-refractivity contribution is -0.203. The summed E-state index contributed by atoms with van der Waals surface area (Å²) in [5, 5.41) is 13.1. The quantitative estimate of drug-likeness (QED) is 0.275. The summed E-state index contributed by atoms with van der Waals surface area (Å²) in [6.07, 6.45) is -1.72. The third kappa shape index (κ3) is 6.83. The molecular weight excluding hydrogens is 571 g/mol. The van der Waals surface area contributed by atoms with Gasteiger partial charge in [0.1, 0.15) is 42.8 Å². The minimum absolute atomic E-state index is 0.0686. The first-order valence-electron chi connectivity index (χ1n) is 13.2. The standard InChI is InChI=1S/C27H35N4O10P/c1-16(2)37-24(32)17(3)31-42(33,41-18-11-9-8-10-12-18)36-15-27(14-28)22-21(38-26(4,5)40-22)20(39-27)19-13-29-25(35-7)30-23(19)34-6/h8-13,16-17,20-22H,15H2,1-7H3,(H,31,33)/t17-,20?,21-,22-,27?,42?/m0/s1. The number of aromatic nitrogens is 2. The maximum atomic E-state index is 14.1. The Hall–Kier alpha value is -3.31. The van der Waals surface area contributed by atoms with Crippen LogP contribution in [0.2, 0.25) is 0 Å². The Morgan fingerprint density at radius 3 is 2.48 bits per heavy atom. The summed E-state index contributed by atoms with van der Waals surface area (Å²) in [5.41, 5.74) is -1.47. The molecule has 6 atom stereocenters. The highest BCUT2D eigenvalue weighted by Gasteiger charge is 2.65. The number of ether oxygens (including phenoxy) is 6. The lowest BCUT2D eigenvalue weighted by Crippen LogP contribution is -2.46. The number of methoxy groups -OCH3 is 2. The molecular formula is C27H35N4O10P. The number of carbonyl (C=O) groups excluding carboxylic acids is 1. The van der Waals surface area contributed by atoms with Crippen molar-refractivity contribution in [2.45, 2.75) is 76.5 Å². The highest BCUT2D eigenvalue weighted by atomic mass is 31.2. The average molecular weight is 607 g/mol. The van der Waals surface area contributed by atoms with Crippen LogP contribution in [-0.4, -0.2) is 72.5 Å². The lowest BCUT2D eigenvalue weighted by atomic mass is 9.95. The van der Waals surface area contributed by atoms with Gasteiger partial charge in [-0.25, -0.2) is 9.55 Å². The van der Waals surface area contributed by atoms with Crippen molar-refractivity contribution in [1.82, 2.24) is 15.1 Å². The summed E-state index contributed by atoms with van der Waals surface area (Å²) >= 11 is 0. The summed E-state index contributed by atoms with van der Waals surface area (Å²) in [6.45, 7) is 7.63. The molecule has 3 heterocycles. The fourth-order valence-corrected chi connectivity index (χ4v) is 6.06. The Kier molecular flexibility index (Phi) is 9.42. The maximum Gasteiger partial charge on any atom is 0.459 e. The maximum absolute atomic E-state index is 14.1. The van der Waals surface area contributed by atoms with E-state index in [2.05, 4.69) is 21.1 Å². The second kappa shape index (κ2) is 12.5. The molecule has 0 bridgehead atoms. The monoisotopic (exact) mass is 606 g/mol. The van der Waals surface area contributed by atoms with Crippen LogP contribution in [0.1, 0.15) is 46.3 Å². The summed E-state index contributed by atoms with van der Waals surface area (Å²) in [5.74, 6) is -1.42. The highest BCUT2D eigenvalue weighted by Crippen LogP contribution is 2.53. The molecule has 4 rings (SSSR count). The molecule has 0 spiro atoms. The van der Waals surface area contributed by atoms with Crippen molar-refractivity contribution in [3.63, 3.8) is 0 Å². The first-order chi connectivity index (χ1) is 19.8. The van der Waals surface area contributed by atoms with Gasteiger partial charge in [-0.3, -0.25) is 9.32 Å². The molecule has 1 aromatic heterocycles. The Morgan fingerprint density at radius 1 is 1.14 bits per heavy atom. The predicted octanol–water partition coefficient (Wildman–Crippen LogP) is 3.48. The van der Waals surface area contributed by atoms with E-state index in [9.17, 15) is 14.6 Å². The number of hydrogen-bond donors (Lipinski definition) is 1. The molecule has 3 unspecified atom stereocenters. The Balaban J connectivity index is 1.65. The van der Waals surface area contributed by atoms with Gasteiger partial charge in [-0.2, -0.15) is 15.3 Å². The summed E-state index contributed by atoms with van der Waals surface area (Å²) in [4.78, 5) is 20.9. The number of fused-ring (bicyclic) bond motifs is 1. The molecule has 1 N–H and O–H groups in total. The molecule has 2 fully saturated rings. The van der Waals surface area contributed by atoms with Crippen LogP contribution in [0.5, 0.6) is 17.6 Å². The minimum atomic E-state index is -4.33. The minimum Gasteiger partial charge on any atom is -0.481 e. The van der Waals surface area contributed by atoms with E-state index in [4.69, 9.17) is 37.5 Å². The molecule has 0 saturated carbocycles. The normalized spacial score (nSPS) is 26.5. The number of nitrogens with zero attached hydrogens (tertiary/aromatic N) is 3. The molecule has 228 valence electrons. The zero-order chi connectivity index (χ0) is 30.7. The summed E-state index contributed by atoms with van der Waals surface area (Å²) in [7, 11) is -1.50. The van der Waals surface area contributed by atoms with Crippen LogP contribution in [0.3, 0.4) is 0 Å². The molecule has 2 saturated heterocycles. The van der Waals surface area contributed by atoms with Crippen LogP contribution >= 0.6 is 7.75 Å². The van der Waals surface area contributed by atoms with Gasteiger partial charge in [0.05, 0.1) is 25.9 Å². The highest BCUT2D eigenvalue weighted by molar-refractivity contribution is 7.52. The number of nitrogens with one attached hydrogen (secondary N) is 1. The van der Waals surface area contributed by atoms with E-state index in [1.54, 1.807) is 58.0 Å². The molecule has 15 heteroatoms. The summed E-state index contributed by atoms with van der Waals surface area (Å²) < 4.78 is 59.9. The number of carbonyl (C=O) groups is 1. The van der Waals surface area contributed by atoms with E-state index in [-0.39, 0.29) is 17.6 Å². The number of benzene rings is 1. The largest absolute Gasteiger partial charge is 0.481 e. The third-order valence-corrected chi connectivity index (χ3v) is 7.95. The van der Waals surface area contributed by atoms with Gasteiger partial charge in [0.25, 0.3) is 0 Å². The predicted molar refractivity (Wildman–Crippen MR) is 146 cm³/mol. The second-order valence-electron chi connectivity index (χ2n) is 10.4. The SMILES string of the molecule is COc1ncc(C2OC(C#N)(COP(=O)(N[C@@H](C)C(=O)OC(C)C)Oc3ccccc3)[C@H]3OC(C)(C)O[C@@H]23)c(OC)n1. The average Bonchev–Trinajstić information content (AvgIpc) is 3.42. The summed E-state index contributed by atoms with van der Waals surface area (Å²) in [6, 6.07) is 9.36. The van der Waals surface area contributed by atoms with Crippen molar-refractivity contribution in [1.29, 1.82) is 5.26 Å². The number of nitriles is 1. The molecule has 42 heavy (non-hydrogen) atoms. The topological polar surface area (TPSA) is 170 Å². The van der Waals surface area contributed by atoms with Crippen LogP contribution in [0, 0.1) is 11.3 Å². The molecule has 14 nitrogen and oxygen atoms in total. The number of para-hydroxylation sites is 1. The van der Waals surface area contributed by atoms with Crippen molar-refractivity contribution in [3.8, 4) is 23.7 Å². The van der Waals surface area contributed by atoms with Gasteiger partial charge in [0.15, 0.2) is 5.79 Å². The van der Waals surface area contributed by atoms with Crippen molar-refractivity contribution < 1.29 is 46.8 Å². The third-order valence-electron chi connectivity index (χ3n) is 6.33. The van der Waals surface area contributed by atoms with E-state index in [0.29, 0.717) is 5.56 Å². The van der Waals surface area contributed by atoms with E-state index in [1.165, 1.54) is 27.3 Å². The van der Waals surface area contributed by atoms with E-state index in [0.717, 1.165) is 0 Å².